The van der Waals surface area contributed by atoms with Gasteiger partial charge in [-0.1, -0.05) is 25.0 Å². The molecule has 0 atom stereocenters. The van der Waals surface area contributed by atoms with E-state index in [1.54, 1.807) is 49.6 Å². The van der Waals surface area contributed by atoms with E-state index in [1.165, 1.54) is 7.11 Å². The maximum Gasteiger partial charge on any atom is 0.251 e. The third-order valence-electron chi connectivity index (χ3n) is 5.26. The van der Waals surface area contributed by atoms with Gasteiger partial charge in [-0.25, -0.2) is 13.1 Å². The molecule has 2 aromatic carbocycles. The number of sulfonamides is 1. The lowest BCUT2D eigenvalue weighted by atomic mass is 10.1. The first-order valence-corrected chi connectivity index (χ1v) is 11.5. The number of ether oxygens (including phenoxy) is 2. The Labute approximate surface area is 177 Å². The first kappa shape index (κ1) is 22.1. The minimum absolute atomic E-state index is 0.0430. The number of hydrogen-bond acceptors (Lipinski definition) is 5. The third kappa shape index (κ3) is 5.52. The van der Waals surface area contributed by atoms with Crippen LogP contribution in [0, 0.1) is 0 Å². The van der Waals surface area contributed by atoms with E-state index >= 15 is 0 Å². The Balaban J connectivity index is 1.53. The van der Waals surface area contributed by atoms with Crippen LogP contribution in [0.1, 0.15) is 41.6 Å². The number of carbonyl (C=O) groups is 1. The molecule has 162 valence electrons. The van der Waals surface area contributed by atoms with Crippen LogP contribution in [0.15, 0.2) is 47.4 Å². The van der Waals surface area contributed by atoms with Crippen molar-refractivity contribution in [2.75, 3.05) is 20.8 Å². The SMILES string of the molecule is COc1ccc(C(=O)NCCc2ccc(S(=O)(=O)NC3CCCC3)cc2)cc1OC. The monoisotopic (exact) mass is 432 g/mol. The molecule has 1 aliphatic carbocycles. The second-order valence-electron chi connectivity index (χ2n) is 7.32. The minimum Gasteiger partial charge on any atom is -0.493 e. The fraction of sp³-hybridized carbons (Fsp3) is 0.409. The van der Waals surface area contributed by atoms with E-state index in [1.807, 2.05) is 0 Å². The molecule has 0 unspecified atom stereocenters. The molecule has 0 aromatic heterocycles. The molecular formula is C22H28N2O5S. The number of hydrogen-bond donors (Lipinski definition) is 2. The van der Waals surface area contributed by atoms with Gasteiger partial charge in [0.1, 0.15) is 0 Å². The van der Waals surface area contributed by atoms with Gasteiger partial charge in [-0.2, -0.15) is 0 Å². The maximum atomic E-state index is 12.5. The summed E-state index contributed by atoms with van der Waals surface area (Å²) in [5, 5.41) is 2.86. The first-order chi connectivity index (χ1) is 14.4. The summed E-state index contributed by atoms with van der Waals surface area (Å²) in [5.41, 5.74) is 1.43. The molecule has 0 spiro atoms. The molecule has 0 aliphatic heterocycles. The van der Waals surface area contributed by atoms with Crippen molar-refractivity contribution in [2.24, 2.45) is 0 Å². The van der Waals surface area contributed by atoms with Gasteiger partial charge in [0, 0.05) is 18.2 Å². The van der Waals surface area contributed by atoms with E-state index < -0.39 is 10.0 Å². The number of nitrogens with one attached hydrogen (secondary N) is 2. The van der Waals surface area contributed by atoms with E-state index in [0.29, 0.717) is 30.0 Å². The minimum atomic E-state index is -3.48. The summed E-state index contributed by atoms with van der Waals surface area (Å²) in [6.45, 7) is 0.430. The van der Waals surface area contributed by atoms with Gasteiger partial charge in [0.25, 0.3) is 5.91 Å². The van der Waals surface area contributed by atoms with Crippen LogP contribution in [0.2, 0.25) is 0 Å². The van der Waals surface area contributed by atoms with E-state index in [-0.39, 0.29) is 16.8 Å². The summed E-state index contributed by atoms with van der Waals surface area (Å²) in [5.74, 6) is 0.843. The second kappa shape index (κ2) is 9.95. The predicted molar refractivity (Wildman–Crippen MR) is 115 cm³/mol. The predicted octanol–water partition coefficient (Wildman–Crippen LogP) is 2.90. The van der Waals surface area contributed by atoms with Gasteiger partial charge in [0.15, 0.2) is 11.5 Å². The molecule has 2 N–H and O–H groups in total. The summed E-state index contributed by atoms with van der Waals surface area (Å²) in [4.78, 5) is 12.6. The van der Waals surface area contributed by atoms with Crippen molar-refractivity contribution in [3.63, 3.8) is 0 Å². The fourth-order valence-electron chi connectivity index (χ4n) is 3.57. The van der Waals surface area contributed by atoms with E-state index in [2.05, 4.69) is 10.0 Å². The quantitative estimate of drug-likeness (QED) is 0.636. The van der Waals surface area contributed by atoms with Gasteiger partial charge in [-0.15, -0.1) is 0 Å². The van der Waals surface area contributed by atoms with Crippen molar-refractivity contribution in [3.8, 4) is 11.5 Å². The van der Waals surface area contributed by atoms with Crippen molar-refractivity contribution in [1.29, 1.82) is 0 Å². The molecule has 1 amide bonds. The van der Waals surface area contributed by atoms with Crippen LogP contribution in [-0.4, -0.2) is 41.1 Å². The van der Waals surface area contributed by atoms with E-state index in [9.17, 15) is 13.2 Å². The van der Waals surface area contributed by atoms with Gasteiger partial charge in [0.05, 0.1) is 19.1 Å². The molecule has 1 saturated carbocycles. The lowest BCUT2D eigenvalue weighted by Crippen LogP contribution is -2.32. The van der Waals surface area contributed by atoms with Crippen LogP contribution >= 0.6 is 0 Å². The summed E-state index contributed by atoms with van der Waals surface area (Å²) in [6.07, 6.45) is 4.53. The fourth-order valence-corrected chi connectivity index (χ4v) is 4.87. The number of benzene rings is 2. The zero-order chi connectivity index (χ0) is 21.6. The molecule has 1 fully saturated rings. The van der Waals surface area contributed by atoms with Crippen LogP contribution in [0.3, 0.4) is 0 Å². The smallest absolute Gasteiger partial charge is 0.251 e. The highest BCUT2D eigenvalue weighted by molar-refractivity contribution is 7.89. The molecule has 7 nitrogen and oxygen atoms in total. The van der Waals surface area contributed by atoms with Gasteiger partial charge in [-0.05, 0) is 55.2 Å². The second-order valence-corrected chi connectivity index (χ2v) is 9.04. The maximum absolute atomic E-state index is 12.5. The summed E-state index contributed by atoms with van der Waals surface area (Å²) >= 11 is 0. The average Bonchev–Trinajstić information content (AvgIpc) is 3.25. The van der Waals surface area contributed by atoms with Crippen LogP contribution in [0.25, 0.3) is 0 Å². The molecule has 0 radical (unpaired) electrons. The summed E-state index contributed by atoms with van der Waals surface area (Å²) in [7, 11) is -0.424. The molecule has 8 heteroatoms. The summed E-state index contributed by atoms with van der Waals surface area (Å²) < 4.78 is 38.1. The molecule has 2 aromatic rings. The van der Waals surface area contributed by atoms with Gasteiger partial charge in [0.2, 0.25) is 10.0 Å². The van der Waals surface area contributed by atoms with Crippen molar-refractivity contribution in [3.05, 3.63) is 53.6 Å². The van der Waals surface area contributed by atoms with Gasteiger partial charge < -0.3 is 14.8 Å². The Morgan fingerprint density at radius 2 is 1.67 bits per heavy atom. The van der Waals surface area contributed by atoms with Crippen molar-refractivity contribution >= 4 is 15.9 Å². The number of carbonyl (C=O) groups excluding carboxylic acids is 1. The van der Waals surface area contributed by atoms with Crippen LogP contribution < -0.4 is 19.5 Å². The van der Waals surface area contributed by atoms with Crippen LogP contribution in [-0.2, 0) is 16.4 Å². The average molecular weight is 433 g/mol. The highest BCUT2D eigenvalue weighted by atomic mass is 32.2. The Bertz CT molecular complexity index is 968. The van der Waals surface area contributed by atoms with Crippen LogP contribution in [0.5, 0.6) is 11.5 Å². The van der Waals surface area contributed by atoms with Crippen molar-refractivity contribution in [1.82, 2.24) is 10.0 Å². The topological polar surface area (TPSA) is 93.7 Å². The van der Waals surface area contributed by atoms with E-state index in [0.717, 1.165) is 31.2 Å². The molecule has 0 bridgehead atoms. The largest absolute Gasteiger partial charge is 0.493 e. The normalized spacial score (nSPS) is 14.5. The highest BCUT2D eigenvalue weighted by Gasteiger charge is 2.22. The highest BCUT2D eigenvalue weighted by Crippen LogP contribution is 2.27. The Morgan fingerprint density at radius 1 is 1.00 bits per heavy atom. The molecule has 0 saturated heterocycles. The Morgan fingerprint density at radius 3 is 2.30 bits per heavy atom. The number of amides is 1. The molecule has 3 rings (SSSR count). The molecule has 1 aliphatic rings. The molecule has 30 heavy (non-hydrogen) atoms. The van der Waals surface area contributed by atoms with Gasteiger partial charge >= 0.3 is 0 Å². The molecular weight excluding hydrogens is 404 g/mol. The van der Waals surface area contributed by atoms with Crippen molar-refractivity contribution in [2.45, 2.75) is 43.0 Å². The number of rotatable bonds is 9. The standard InChI is InChI=1S/C22H28N2O5S/c1-28-20-12-9-17(15-21(20)29-2)22(25)23-14-13-16-7-10-19(11-8-16)30(26,27)24-18-5-3-4-6-18/h7-12,15,18,24H,3-6,13-14H2,1-2H3,(H,23,25). The zero-order valence-corrected chi connectivity index (χ0v) is 18.1. The van der Waals surface area contributed by atoms with Gasteiger partial charge in [-0.3, -0.25) is 4.79 Å². The lowest BCUT2D eigenvalue weighted by molar-refractivity contribution is 0.0953. The number of methoxy groups -OCH3 is 2. The molecule has 0 heterocycles. The Hall–Kier alpha value is -2.58. The van der Waals surface area contributed by atoms with Crippen molar-refractivity contribution < 1.29 is 22.7 Å². The third-order valence-corrected chi connectivity index (χ3v) is 6.79. The summed E-state index contributed by atoms with van der Waals surface area (Å²) in [6, 6.07) is 11.8. The van der Waals surface area contributed by atoms with Crippen LogP contribution in [0.4, 0.5) is 0 Å². The van der Waals surface area contributed by atoms with E-state index in [4.69, 9.17) is 9.47 Å². The zero-order valence-electron chi connectivity index (χ0n) is 17.3. The lowest BCUT2D eigenvalue weighted by Gasteiger charge is -2.13. The first-order valence-electron chi connectivity index (χ1n) is 10.0. The Kier molecular flexibility index (Phi) is 7.33.